The number of hydrogen-bond acceptors (Lipinski definition) is 4. The SMILES string of the molecule is Cc1nc2ccc(O[B]O)cc2n1COCC[Si](C)(C)C. The number of imidazole rings is 1. The van der Waals surface area contributed by atoms with Gasteiger partial charge < -0.3 is 19.0 Å². The lowest BCUT2D eigenvalue weighted by Gasteiger charge is -2.16. The molecule has 1 aromatic carbocycles. The number of nitrogens with zero attached hydrogens (tertiary/aromatic N) is 2. The molecule has 2 rings (SSSR count). The molecule has 0 unspecified atom stereocenters. The van der Waals surface area contributed by atoms with Crippen LogP contribution in [0.4, 0.5) is 0 Å². The number of fused-ring (bicyclic) bond motifs is 1. The van der Waals surface area contributed by atoms with E-state index in [-0.39, 0.29) is 0 Å². The van der Waals surface area contributed by atoms with Gasteiger partial charge in [-0.1, -0.05) is 19.6 Å². The van der Waals surface area contributed by atoms with Crippen LogP contribution in [0.25, 0.3) is 11.0 Å². The van der Waals surface area contributed by atoms with Crippen molar-refractivity contribution in [3.05, 3.63) is 24.0 Å². The van der Waals surface area contributed by atoms with Crippen LogP contribution in [0.15, 0.2) is 18.2 Å². The molecule has 21 heavy (non-hydrogen) atoms. The molecule has 0 aliphatic rings. The maximum absolute atomic E-state index is 8.73. The zero-order valence-corrected chi connectivity index (χ0v) is 14.1. The number of benzene rings is 1. The van der Waals surface area contributed by atoms with E-state index in [9.17, 15) is 0 Å². The predicted molar refractivity (Wildman–Crippen MR) is 87.2 cm³/mol. The molecule has 1 radical (unpaired) electrons. The van der Waals surface area contributed by atoms with Crippen LogP contribution in [-0.4, -0.2) is 36.9 Å². The average molecular weight is 305 g/mol. The van der Waals surface area contributed by atoms with E-state index in [4.69, 9.17) is 14.4 Å². The second-order valence-corrected chi connectivity index (χ2v) is 11.9. The number of ether oxygens (including phenoxy) is 1. The molecule has 0 bridgehead atoms. The van der Waals surface area contributed by atoms with E-state index in [1.807, 2.05) is 23.6 Å². The molecule has 0 amide bonds. The van der Waals surface area contributed by atoms with Crippen molar-refractivity contribution in [1.82, 2.24) is 9.55 Å². The highest BCUT2D eigenvalue weighted by atomic mass is 28.3. The summed E-state index contributed by atoms with van der Waals surface area (Å²) >= 11 is 0. The summed E-state index contributed by atoms with van der Waals surface area (Å²) in [5, 5.41) is 8.73. The molecule has 0 spiro atoms. The van der Waals surface area contributed by atoms with Gasteiger partial charge in [-0.05, 0) is 25.1 Å². The van der Waals surface area contributed by atoms with Crippen LogP contribution >= 0.6 is 0 Å². The van der Waals surface area contributed by atoms with Crippen molar-refractivity contribution < 1.29 is 14.4 Å². The van der Waals surface area contributed by atoms with Gasteiger partial charge in [0.05, 0.1) is 11.0 Å². The molecule has 0 atom stereocenters. The molecule has 113 valence electrons. The van der Waals surface area contributed by atoms with E-state index in [1.54, 1.807) is 6.07 Å². The van der Waals surface area contributed by atoms with Gasteiger partial charge in [0, 0.05) is 20.7 Å². The molecule has 0 aliphatic carbocycles. The van der Waals surface area contributed by atoms with Gasteiger partial charge in [-0.3, -0.25) is 0 Å². The fraction of sp³-hybridized carbons (Fsp3) is 0.500. The molecule has 2 aromatic rings. The minimum absolute atomic E-state index is 0.485. The number of aryl methyl sites for hydroxylation is 1. The third-order valence-electron chi connectivity index (χ3n) is 3.32. The van der Waals surface area contributed by atoms with Gasteiger partial charge in [0.2, 0.25) is 0 Å². The van der Waals surface area contributed by atoms with E-state index in [0.717, 1.165) is 29.5 Å². The molecule has 0 aliphatic heterocycles. The Morgan fingerprint density at radius 1 is 1.33 bits per heavy atom. The van der Waals surface area contributed by atoms with Gasteiger partial charge in [-0.2, -0.15) is 0 Å². The van der Waals surface area contributed by atoms with E-state index in [2.05, 4.69) is 24.6 Å². The summed E-state index contributed by atoms with van der Waals surface area (Å²) in [6.45, 7) is 10.2. The Morgan fingerprint density at radius 2 is 2.10 bits per heavy atom. The largest absolute Gasteiger partial charge is 0.569 e. The summed E-state index contributed by atoms with van der Waals surface area (Å²) in [5.41, 5.74) is 1.84. The minimum atomic E-state index is -1.07. The van der Waals surface area contributed by atoms with E-state index in [0.29, 0.717) is 20.2 Å². The van der Waals surface area contributed by atoms with Gasteiger partial charge >= 0.3 is 7.69 Å². The topological polar surface area (TPSA) is 56.5 Å². The normalized spacial score (nSPS) is 11.9. The summed E-state index contributed by atoms with van der Waals surface area (Å²) in [6, 6.07) is 6.65. The van der Waals surface area contributed by atoms with Crippen LogP contribution in [0.5, 0.6) is 5.75 Å². The molecule has 1 aromatic heterocycles. The van der Waals surface area contributed by atoms with Crippen LogP contribution in [-0.2, 0) is 11.5 Å². The Labute approximate surface area is 127 Å². The minimum Gasteiger partial charge on any atom is -0.537 e. The predicted octanol–water partition coefficient (Wildman–Crippen LogP) is 2.56. The van der Waals surface area contributed by atoms with Crippen LogP contribution in [0.1, 0.15) is 5.82 Å². The molecular weight excluding hydrogens is 283 g/mol. The number of rotatable bonds is 7. The van der Waals surface area contributed by atoms with Crippen molar-refractivity contribution in [2.75, 3.05) is 6.61 Å². The zero-order valence-electron chi connectivity index (χ0n) is 13.1. The first-order valence-corrected chi connectivity index (χ1v) is 10.8. The molecule has 5 nitrogen and oxygen atoms in total. The molecule has 0 fully saturated rings. The van der Waals surface area contributed by atoms with Gasteiger partial charge in [-0.15, -0.1) is 0 Å². The van der Waals surface area contributed by atoms with Gasteiger partial charge in [0.1, 0.15) is 18.3 Å². The fourth-order valence-corrected chi connectivity index (χ4v) is 2.81. The average Bonchev–Trinajstić information content (AvgIpc) is 2.70. The van der Waals surface area contributed by atoms with E-state index in [1.165, 1.54) is 0 Å². The Balaban J connectivity index is 2.10. The second kappa shape index (κ2) is 6.64. The zero-order chi connectivity index (χ0) is 15.5. The molecule has 0 saturated carbocycles. The highest BCUT2D eigenvalue weighted by Crippen LogP contribution is 2.22. The Hall–Kier alpha value is -1.31. The number of hydrogen-bond donors (Lipinski definition) is 1. The first-order valence-electron chi connectivity index (χ1n) is 7.08. The van der Waals surface area contributed by atoms with Crippen molar-refractivity contribution in [2.24, 2.45) is 0 Å². The van der Waals surface area contributed by atoms with Crippen molar-refractivity contribution >= 4 is 26.8 Å². The summed E-state index contributed by atoms with van der Waals surface area (Å²) in [5.74, 6) is 1.48. The molecule has 1 heterocycles. The fourth-order valence-electron chi connectivity index (χ4n) is 2.05. The standard InChI is InChI=1S/C14H22BN2O3Si/c1-11-16-13-6-5-12(20-15-18)9-14(13)17(11)10-19-7-8-21(2,3)4/h5-6,9,18H,7-8,10H2,1-4H3. The molecule has 0 saturated heterocycles. The van der Waals surface area contributed by atoms with E-state index < -0.39 is 8.07 Å². The van der Waals surface area contributed by atoms with Crippen molar-refractivity contribution in [1.29, 1.82) is 0 Å². The first kappa shape index (κ1) is 16.1. The summed E-state index contributed by atoms with van der Waals surface area (Å²) in [7, 11) is -0.388. The molecule has 1 N–H and O–H groups in total. The van der Waals surface area contributed by atoms with Gasteiger partial charge in [-0.25, -0.2) is 4.98 Å². The maximum atomic E-state index is 8.73. The molecular formula is C14H22BN2O3Si. The monoisotopic (exact) mass is 305 g/mol. The van der Waals surface area contributed by atoms with E-state index >= 15 is 0 Å². The summed E-state index contributed by atoms with van der Waals surface area (Å²) < 4.78 is 12.8. The third-order valence-corrected chi connectivity index (χ3v) is 5.02. The van der Waals surface area contributed by atoms with Crippen LogP contribution in [0.3, 0.4) is 0 Å². The maximum Gasteiger partial charge on any atom is 0.569 e. The van der Waals surface area contributed by atoms with Crippen molar-refractivity contribution in [3.8, 4) is 5.75 Å². The molecule has 7 heteroatoms. The Bertz CT molecular complexity index is 610. The Kier molecular flexibility index (Phi) is 5.08. The lowest BCUT2D eigenvalue weighted by Crippen LogP contribution is -2.22. The smallest absolute Gasteiger partial charge is 0.537 e. The second-order valence-electron chi connectivity index (χ2n) is 6.31. The lowest BCUT2D eigenvalue weighted by atomic mass is 10.3. The summed E-state index contributed by atoms with van der Waals surface area (Å²) in [4.78, 5) is 4.51. The summed E-state index contributed by atoms with van der Waals surface area (Å²) in [6.07, 6.45) is 0. The third kappa shape index (κ3) is 4.33. The van der Waals surface area contributed by atoms with Gasteiger partial charge in [0.15, 0.2) is 0 Å². The van der Waals surface area contributed by atoms with Crippen LogP contribution in [0, 0.1) is 6.92 Å². The number of aromatic nitrogens is 2. The first-order chi connectivity index (χ1) is 9.90. The van der Waals surface area contributed by atoms with Crippen molar-refractivity contribution in [2.45, 2.75) is 39.3 Å². The quantitative estimate of drug-likeness (QED) is 0.631. The highest BCUT2D eigenvalue weighted by molar-refractivity contribution is 6.76. The Morgan fingerprint density at radius 3 is 2.76 bits per heavy atom. The van der Waals surface area contributed by atoms with Crippen molar-refractivity contribution in [3.63, 3.8) is 0 Å². The highest BCUT2D eigenvalue weighted by Gasteiger charge is 2.13. The van der Waals surface area contributed by atoms with Gasteiger partial charge in [0.25, 0.3) is 0 Å². The lowest BCUT2D eigenvalue weighted by molar-refractivity contribution is 0.0885. The van der Waals surface area contributed by atoms with Crippen LogP contribution < -0.4 is 4.65 Å². The van der Waals surface area contributed by atoms with Crippen LogP contribution in [0.2, 0.25) is 25.7 Å².